The number of hydrogen-bond donors (Lipinski definition) is 2. The van der Waals surface area contributed by atoms with Crippen LogP contribution in [0.25, 0.3) is 0 Å². The second kappa shape index (κ2) is 7.08. The fourth-order valence-corrected chi connectivity index (χ4v) is 2.32. The zero-order valence-corrected chi connectivity index (χ0v) is 11.2. The Morgan fingerprint density at radius 3 is 2.33 bits per heavy atom. The highest BCUT2D eigenvalue weighted by atomic mass is 16.6. The minimum absolute atomic E-state index is 0.0633. The third-order valence-corrected chi connectivity index (χ3v) is 3.32. The van der Waals surface area contributed by atoms with E-state index in [9.17, 15) is 9.59 Å². The maximum atomic E-state index is 11.3. The van der Waals surface area contributed by atoms with Crippen LogP contribution in [0.4, 0.5) is 9.59 Å². The summed E-state index contributed by atoms with van der Waals surface area (Å²) < 4.78 is 10.6. The molecule has 0 heterocycles. The molecule has 0 aromatic rings. The molecule has 6 heteroatoms. The molecule has 0 radical (unpaired) electrons. The largest absolute Gasteiger partial charge is 0.446 e. The number of carbonyl (C=O) groups excluding carboxylic acids is 2. The third-order valence-electron chi connectivity index (χ3n) is 3.32. The lowest BCUT2D eigenvalue weighted by Crippen LogP contribution is -2.41. The first kappa shape index (κ1) is 14.6. The van der Waals surface area contributed by atoms with E-state index in [2.05, 4.69) is 10.6 Å². The van der Waals surface area contributed by atoms with Gasteiger partial charge in [0.1, 0.15) is 12.2 Å². The highest BCUT2D eigenvalue weighted by molar-refractivity contribution is 5.67. The van der Waals surface area contributed by atoms with Crippen LogP contribution in [0.5, 0.6) is 0 Å². The molecule has 1 aliphatic rings. The van der Waals surface area contributed by atoms with Crippen molar-refractivity contribution in [3.05, 3.63) is 0 Å². The van der Waals surface area contributed by atoms with E-state index in [1.54, 1.807) is 0 Å². The summed E-state index contributed by atoms with van der Waals surface area (Å²) in [6.45, 7) is 1.84. The van der Waals surface area contributed by atoms with Gasteiger partial charge in [-0.1, -0.05) is 6.42 Å². The van der Waals surface area contributed by atoms with Gasteiger partial charge in [0.05, 0.1) is 0 Å². The normalized spacial score (nSPS) is 24.8. The predicted molar refractivity (Wildman–Crippen MR) is 66.3 cm³/mol. The van der Waals surface area contributed by atoms with Crippen molar-refractivity contribution in [2.45, 2.75) is 44.8 Å². The van der Waals surface area contributed by atoms with Gasteiger partial charge >= 0.3 is 12.2 Å². The van der Waals surface area contributed by atoms with E-state index in [0.29, 0.717) is 0 Å². The number of alkyl carbamates (subject to hydrolysis) is 2. The van der Waals surface area contributed by atoms with Crippen LogP contribution in [0.2, 0.25) is 0 Å². The zero-order chi connectivity index (χ0) is 13.5. The molecule has 3 atom stereocenters. The molecule has 18 heavy (non-hydrogen) atoms. The molecule has 6 nitrogen and oxygen atoms in total. The first-order valence-electron chi connectivity index (χ1n) is 6.35. The van der Waals surface area contributed by atoms with E-state index in [-0.39, 0.29) is 18.1 Å². The Balaban J connectivity index is 2.57. The lowest BCUT2D eigenvalue weighted by Gasteiger charge is -2.34. The zero-order valence-electron chi connectivity index (χ0n) is 11.2. The Morgan fingerprint density at radius 1 is 1.11 bits per heavy atom. The van der Waals surface area contributed by atoms with Crippen LogP contribution >= 0.6 is 0 Å². The summed E-state index contributed by atoms with van der Waals surface area (Å²) in [5.74, 6) is 0.0633. The summed E-state index contributed by atoms with van der Waals surface area (Å²) in [6.07, 6.45) is 2.49. The number of carbonyl (C=O) groups is 2. The highest BCUT2D eigenvalue weighted by Gasteiger charge is 2.34. The second-order valence-electron chi connectivity index (χ2n) is 4.50. The molecular formula is C12H22N2O4. The van der Waals surface area contributed by atoms with Crippen LogP contribution in [-0.4, -0.2) is 38.5 Å². The molecule has 2 amide bonds. The topological polar surface area (TPSA) is 76.7 Å². The average molecular weight is 258 g/mol. The summed E-state index contributed by atoms with van der Waals surface area (Å²) in [7, 11) is 3.05. The summed E-state index contributed by atoms with van der Waals surface area (Å²) >= 11 is 0. The van der Waals surface area contributed by atoms with Gasteiger partial charge in [0.25, 0.3) is 0 Å². The maximum absolute atomic E-state index is 11.3. The van der Waals surface area contributed by atoms with E-state index in [4.69, 9.17) is 9.47 Å². The Kier molecular flexibility index (Phi) is 5.74. The third kappa shape index (κ3) is 4.09. The smallest absolute Gasteiger partial charge is 0.407 e. The number of rotatable bonds is 3. The van der Waals surface area contributed by atoms with Crippen molar-refractivity contribution in [2.24, 2.45) is 5.92 Å². The van der Waals surface area contributed by atoms with Crippen LogP contribution in [-0.2, 0) is 9.47 Å². The van der Waals surface area contributed by atoms with Gasteiger partial charge < -0.3 is 20.1 Å². The van der Waals surface area contributed by atoms with Crippen LogP contribution in [0.1, 0.15) is 32.6 Å². The fourth-order valence-electron chi connectivity index (χ4n) is 2.32. The van der Waals surface area contributed by atoms with Crippen molar-refractivity contribution in [1.29, 1.82) is 0 Å². The molecule has 1 aliphatic carbocycles. The minimum Gasteiger partial charge on any atom is -0.446 e. The van der Waals surface area contributed by atoms with Gasteiger partial charge in [-0.15, -0.1) is 0 Å². The van der Waals surface area contributed by atoms with Crippen molar-refractivity contribution in [2.75, 3.05) is 14.1 Å². The van der Waals surface area contributed by atoms with Crippen molar-refractivity contribution in [3.8, 4) is 0 Å². The molecule has 104 valence electrons. The average Bonchev–Trinajstić information content (AvgIpc) is 2.38. The second-order valence-corrected chi connectivity index (χ2v) is 4.50. The number of nitrogens with one attached hydrogen (secondary N) is 2. The van der Waals surface area contributed by atoms with Crippen molar-refractivity contribution < 1.29 is 19.1 Å². The Morgan fingerprint density at radius 2 is 1.72 bits per heavy atom. The quantitative estimate of drug-likeness (QED) is 0.807. The molecule has 1 fully saturated rings. The predicted octanol–water partition coefficient (Wildman–Crippen LogP) is 1.65. The Hall–Kier alpha value is -1.46. The van der Waals surface area contributed by atoms with Gasteiger partial charge in [-0.05, 0) is 26.2 Å². The van der Waals surface area contributed by atoms with Crippen LogP contribution in [0.3, 0.4) is 0 Å². The van der Waals surface area contributed by atoms with Crippen molar-refractivity contribution in [1.82, 2.24) is 10.6 Å². The fraction of sp³-hybridized carbons (Fsp3) is 0.833. The van der Waals surface area contributed by atoms with E-state index in [1.165, 1.54) is 14.1 Å². The molecule has 0 saturated heterocycles. The minimum atomic E-state index is -0.452. The van der Waals surface area contributed by atoms with Crippen molar-refractivity contribution >= 4 is 12.2 Å². The Bertz CT molecular complexity index is 296. The van der Waals surface area contributed by atoms with E-state index >= 15 is 0 Å². The molecule has 0 spiro atoms. The molecule has 2 N–H and O–H groups in total. The molecule has 0 aromatic heterocycles. The first-order valence-corrected chi connectivity index (χ1v) is 6.35. The molecule has 0 aromatic carbocycles. The van der Waals surface area contributed by atoms with Gasteiger partial charge in [-0.2, -0.15) is 0 Å². The van der Waals surface area contributed by atoms with Crippen LogP contribution in [0.15, 0.2) is 0 Å². The standard InChI is InChI=1S/C12H22N2O4/c1-8(17-11(15)13-2)9-6-4-5-7-10(9)18-12(16)14-3/h8-10H,4-7H2,1-3H3,(H,13,15)(H,14,16)/t8-,9-,10+/m1/s1. The summed E-state index contributed by atoms with van der Waals surface area (Å²) in [5, 5.41) is 4.86. The molecule has 1 saturated carbocycles. The van der Waals surface area contributed by atoms with Gasteiger partial charge in [-0.25, -0.2) is 9.59 Å². The van der Waals surface area contributed by atoms with E-state index < -0.39 is 12.2 Å². The van der Waals surface area contributed by atoms with Crippen LogP contribution in [0, 0.1) is 5.92 Å². The maximum Gasteiger partial charge on any atom is 0.407 e. The highest BCUT2D eigenvalue weighted by Crippen LogP contribution is 2.30. The molecule has 1 rings (SSSR count). The molecule has 0 unspecified atom stereocenters. The Labute approximate surface area is 107 Å². The van der Waals surface area contributed by atoms with E-state index in [1.807, 2.05) is 6.92 Å². The summed E-state index contributed by atoms with van der Waals surface area (Å²) in [4.78, 5) is 22.5. The van der Waals surface area contributed by atoms with Gasteiger partial charge in [-0.3, -0.25) is 0 Å². The van der Waals surface area contributed by atoms with Gasteiger partial charge in [0, 0.05) is 20.0 Å². The molecule has 0 bridgehead atoms. The van der Waals surface area contributed by atoms with Crippen molar-refractivity contribution in [3.63, 3.8) is 0 Å². The first-order chi connectivity index (χ1) is 8.58. The lowest BCUT2D eigenvalue weighted by molar-refractivity contribution is -0.0219. The SMILES string of the molecule is CNC(=O)O[C@H]1CCCC[C@@H]1[C@@H](C)OC(=O)NC. The number of amides is 2. The van der Waals surface area contributed by atoms with Gasteiger partial charge in [0.2, 0.25) is 0 Å². The summed E-state index contributed by atoms with van der Waals surface area (Å²) in [6, 6.07) is 0. The monoisotopic (exact) mass is 258 g/mol. The van der Waals surface area contributed by atoms with Crippen LogP contribution < -0.4 is 10.6 Å². The lowest BCUT2D eigenvalue weighted by atomic mass is 9.83. The molecular weight excluding hydrogens is 236 g/mol. The van der Waals surface area contributed by atoms with E-state index in [0.717, 1.165) is 25.7 Å². The number of ether oxygens (including phenoxy) is 2. The summed E-state index contributed by atoms with van der Waals surface area (Å²) in [5.41, 5.74) is 0. The number of hydrogen-bond acceptors (Lipinski definition) is 4. The molecule has 0 aliphatic heterocycles. The van der Waals surface area contributed by atoms with Gasteiger partial charge in [0.15, 0.2) is 0 Å².